The van der Waals surface area contributed by atoms with Crippen molar-refractivity contribution >= 4 is 5.91 Å². The number of carbonyl (C=O) groups is 1. The monoisotopic (exact) mass is 128 g/mol. The molecule has 0 fully saturated rings. The molecule has 3 N–H and O–H groups in total. The molecule has 0 aromatic carbocycles. The zero-order valence-corrected chi connectivity index (χ0v) is 5.05. The molecule has 1 aliphatic rings. The van der Waals surface area contributed by atoms with Crippen molar-refractivity contribution in [1.82, 2.24) is 5.48 Å². The molecule has 1 atom stereocenters. The van der Waals surface area contributed by atoms with E-state index in [1.807, 2.05) is 0 Å². The summed E-state index contributed by atoms with van der Waals surface area (Å²) in [6.45, 7) is 1.59. The van der Waals surface area contributed by atoms with Crippen molar-refractivity contribution in [2.45, 2.75) is 12.5 Å². The molecule has 0 radical (unpaired) electrons. The van der Waals surface area contributed by atoms with Crippen molar-refractivity contribution in [1.29, 1.82) is 0 Å². The molecule has 0 spiro atoms. The van der Waals surface area contributed by atoms with E-state index in [4.69, 9.17) is 10.6 Å². The van der Waals surface area contributed by atoms with Crippen LogP contribution in [0.25, 0.3) is 0 Å². The molecule has 1 unspecified atom stereocenters. The van der Waals surface area contributed by atoms with Crippen LogP contribution >= 0.6 is 0 Å². The van der Waals surface area contributed by atoms with Crippen LogP contribution in [0.5, 0.6) is 0 Å². The van der Waals surface area contributed by atoms with Gasteiger partial charge in [0.05, 0.1) is 0 Å². The summed E-state index contributed by atoms with van der Waals surface area (Å²) in [6.07, 6.45) is 3.10. The standard InChI is InChI=1S/C5H8N2O2/c1-5(4(6)8)2-3-7-9-5/h2-3,7H,1H3,(H2,6,8). The van der Waals surface area contributed by atoms with E-state index in [9.17, 15) is 4.79 Å². The number of hydrogen-bond donors (Lipinski definition) is 2. The van der Waals surface area contributed by atoms with Crippen molar-refractivity contribution < 1.29 is 9.63 Å². The largest absolute Gasteiger partial charge is 0.367 e. The molecule has 0 bridgehead atoms. The topological polar surface area (TPSA) is 64.4 Å². The van der Waals surface area contributed by atoms with Gasteiger partial charge in [0.25, 0.3) is 5.91 Å². The van der Waals surface area contributed by atoms with Crippen LogP contribution in [-0.2, 0) is 9.63 Å². The first-order valence-electron chi connectivity index (χ1n) is 2.56. The molecule has 0 aromatic rings. The highest BCUT2D eigenvalue weighted by molar-refractivity contribution is 5.85. The Kier molecular flexibility index (Phi) is 1.17. The van der Waals surface area contributed by atoms with Crippen molar-refractivity contribution in [2.24, 2.45) is 5.73 Å². The van der Waals surface area contributed by atoms with E-state index in [0.29, 0.717) is 0 Å². The number of nitrogens with two attached hydrogens (primary N) is 1. The van der Waals surface area contributed by atoms with E-state index in [2.05, 4.69) is 5.48 Å². The third kappa shape index (κ3) is 0.882. The summed E-state index contributed by atoms with van der Waals surface area (Å²) in [6, 6.07) is 0. The van der Waals surface area contributed by atoms with Gasteiger partial charge in [-0.3, -0.25) is 15.1 Å². The van der Waals surface area contributed by atoms with Gasteiger partial charge in [-0.2, -0.15) is 0 Å². The maximum atomic E-state index is 10.5. The number of hydrogen-bond acceptors (Lipinski definition) is 3. The Hall–Kier alpha value is -1.03. The summed E-state index contributed by atoms with van der Waals surface area (Å²) in [7, 11) is 0. The number of nitrogens with one attached hydrogen (secondary N) is 1. The highest BCUT2D eigenvalue weighted by atomic mass is 16.7. The maximum absolute atomic E-state index is 10.5. The Morgan fingerprint density at radius 1 is 1.89 bits per heavy atom. The predicted octanol–water partition coefficient (Wildman–Crippen LogP) is -0.721. The smallest absolute Gasteiger partial charge is 0.256 e. The second-order valence-electron chi connectivity index (χ2n) is 2.02. The molecule has 0 saturated heterocycles. The molecule has 1 aliphatic heterocycles. The lowest BCUT2D eigenvalue weighted by Crippen LogP contribution is -2.40. The van der Waals surface area contributed by atoms with E-state index in [-0.39, 0.29) is 0 Å². The third-order valence-electron chi connectivity index (χ3n) is 1.23. The van der Waals surface area contributed by atoms with Gasteiger partial charge in [-0.15, -0.1) is 0 Å². The lowest BCUT2D eigenvalue weighted by atomic mass is 10.1. The third-order valence-corrected chi connectivity index (χ3v) is 1.23. The zero-order chi connectivity index (χ0) is 6.91. The summed E-state index contributed by atoms with van der Waals surface area (Å²) in [5, 5.41) is 0. The van der Waals surface area contributed by atoms with E-state index in [0.717, 1.165) is 0 Å². The van der Waals surface area contributed by atoms with E-state index in [1.165, 1.54) is 6.20 Å². The van der Waals surface area contributed by atoms with Crippen LogP contribution < -0.4 is 11.2 Å². The molecule has 0 aromatic heterocycles. The van der Waals surface area contributed by atoms with Gasteiger partial charge in [0.1, 0.15) is 0 Å². The van der Waals surface area contributed by atoms with Crippen LogP contribution in [0, 0.1) is 0 Å². The number of hydroxylamine groups is 1. The molecule has 0 saturated carbocycles. The van der Waals surface area contributed by atoms with Crippen molar-refractivity contribution in [2.75, 3.05) is 0 Å². The predicted molar refractivity (Wildman–Crippen MR) is 31.0 cm³/mol. The van der Waals surface area contributed by atoms with E-state index in [1.54, 1.807) is 13.0 Å². The number of primary amides is 1. The molecule has 1 rings (SSSR count). The first-order valence-corrected chi connectivity index (χ1v) is 2.56. The van der Waals surface area contributed by atoms with Gasteiger partial charge in [-0.05, 0) is 13.0 Å². The first-order chi connectivity index (χ1) is 4.15. The lowest BCUT2D eigenvalue weighted by molar-refractivity contribution is -0.138. The van der Waals surface area contributed by atoms with Crippen LogP contribution in [0.15, 0.2) is 12.3 Å². The van der Waals surface area contributed by atoms with Crippen molar-refractivity contribution in [3.63, 3.8) is 0 Å². The highest BCUT2D eigenvalue weighted by Gasteiger charge is 2.32. The van der Waals surface area contributed by atoms with Crippen LogP contribution in [-0.4, -0.2) is 11.5 Å². The fourth-order valence-corrected chi connectivity index (χ4v) is 0.516. The van der Waals surface area contributed by atoms with Crippen molar-refractivity contribution in [3.8, 4) is 0 Å². The molecule has 1 heterocycles. The van der Waals surface area contributed by atoms with Crippen LogP contribution in [0.4, 0.5) is 0 Å². The minimum absolute atomic E-state index is 0.497. The second kappa shape index (κ2) is 1.73. The molecule has 1 amide bonds. The van der Waals surface area contributed by atoms with Crippen LogP contribution in [0.2, 0.25) is 0 Å². The number of carbonyl (C=O) groups excluding carboxylic acids is 1. The summed E-state index contributed by atoms with van der Waals surface area (Å²) in [5.41, 5.74) is 6.43. The summed E-state index contributed by atoms with van der Waals surface area (Å²) in [4.78, 5) is 15.3. The molecule has 4 heteroatoms. The van der Waals surface area contributed by atoms with E-state index >= 15 is 0 Å². The first kappa shape index (κ1) is 6.10. The SMILES string of the molecule is CC1(C(N)=O)C=CNO1. The van der Waals surface area contributed by atoms with Gasteiger partial charge in [0, 0.05) is 6.20 Å². The van der Waals surface area contributed by atoms with Crippen molar-refractivity contribution in [3.05, 3.63) is 12.3 Å². The normalized spacial score (nSPS) is 32.1. The lowest BCUT2D eigenvalue weighted by Gasteiger charge is -2.14. The van der Waals surface area contributed by atoms with Gasteiger partial charge < -0.3 is 5.73 Å². The van der Waals surface area contributed by atoms with E-state index < -0.39 is 11.5 Å². The quantitative estimate of drug-likeness (QED) is 0.489. The Morgan fingerprint density at radius 2 is 2.56 bits per heavy atom. The second-order valence-corrected chi connectivity index (χ2v) is 2.02. The average molecular weight is 128 g/mol. The average Bonchev–Trinajstić information content (AvgIpc) is 2.16. The minimum atomic E-state index is -0.958. The molecule has 9 heavy (non-hydrogen) atoms. The van der Waals surface area contributed by atoms with Crippen LogP contribution in [0.3, 0.4) is 0 Å². The molecule has 4 nitrogen and oxygen atoms in total. The van der Waals surface area contributed by atoms with Crippen LogP contribution in [0.1, 0.15) is 6.92 Å². The summed E-state index contributed by atoms with van der Waals surface area (Å²) < 4.78 is 0. The fraction of sp³-hybridized carbons (Fsp3) is 0.400. The molecular weight excluding hydrogens is 120 g/mol. The Bertz CT molecular complexity index is 166. The molecular formula is C5H8N2O2. The maximum Gasteiger partial charge on any atom is 0.256 e. The Labute approximate surface area is 52.6 Å². The van der Waals surface area contributed by atoms with Gasteiger partial charge in [0.2, 0.25) is 0 Å². The zero-order valence-electron chi connectivity index (χ0n) is 5.05. The Morgan fingerprint density at radius 3 is 2.78 bits per heavy atom. The fourth-order valence-electron chi connectivity index (χ4n) is 0.516. The number of amides is 1. The molecule has 50 valence electrons. The summed E-state index contributed by atoms with van der Waals surface area (Å²) in [5.74, 6) is -0.497. The van der Waals surface area contributed by atoms with Gasteiger partial charge in [-0.25, -0.2) is 0 Å². The van der Waals surface area contributed by atoms with Gasteiger partial charge in [0.15, 0.2) is 5.60 Å². The Balaban J connectivity index is 2.74. The highest BCUT2D eigenvalue weighted by Crippen LogP contribution is 2.13. The van der Waals surface area contributed by atoms with Gasteiger partial charge in [-0.1, -0.05) is 0 Å². The number of rotatable bonds is 1. The molecule has 0 aliphatic carbocycles. The minimum Gasteiger partial charge on any atom is -0.367 e. The van der Waals surface area contributed by atoms with Gasteiger partial charge >= 0.3 is 0 Å². The summed E-state index contributed by atoms with van der Waals surface area (Å²) >= 11 is 0.